The van der Waals surface area contributed by atoms with Crippen molar-refractivity contribution in [2.75, 3.05) is 6.61 Å². The lowest BCUT2D eigenvalue weighted by atomic mass is 10.6. The van der Waals surface area contributed by atoms with Crippen LogP contribution in [0.5, 0.6) is 0 Å². The van der Waals surface area contributed by atoms with Crippen LogP contribution in [0.15, 0.2) is 22.3 Å². The van der Waals surface area contributed by atoms with E-state index in [0.29, 0.717) is 5.84 Å². The van der Waals surface area contributed by atoms with Gasteiger partial charge in [0.15, 0.2) is 5.84 Å². The Labute approximate surface area is 54.5 Å². The molecule has 0 aromatic carbocycles. The molecule has 0 radical (unpaired) electrons. The number of hydrogen-bond donors (Lipinski definition) is 1. The van der Waals surface area contributed by atoms with E-state index in [4.69, 9.17) is 5.11 Å². The fourth-order valence-corrected chi connectivity index (χ4v) is 0.292. The number of amidine groups is 1. The molecule has 0 aliphatic rings. The van der Waals surface area contributed by atoms with Crippen LogP contribution in [-0.4, -0.2) is 24.3 Å². The Morgan fingerprint density at radius 3 is 2.78 bits per heavy atom. The van der Waals surface area contributed by atoms with E-state index in [9.17, 15) is 0 Å². The van der Waals surface area contributed by atoms with Crippen molar-refractivity contribution in [1.82, 2.24) is 0 Å². The molecule has 0 atom stereocenters. The topological polar surface area (TPSA) is 45.0 Å². The van der Waals surface area contributed by atoms with Gasteiger partial charge in [-0.15, -0.1) is 0 Å². The third-order valence-corrected chi connectivity index (χ3v) is 0.697. The standard InChI is InChI=1S/C6H10N2O/c1-3-4-8-6(5-9)7-2/h3-4,9H,2,5H2,1H3/b4-3-,8-6?. The highest BCUT2D eigenvalue weighted by atomic mass is 16.3. The smallest absolute Gasteiger partial charge is 0.152 e. The second kappa shape index (κ2) is 5.18. The van der Waals surface area contributed by atoms with Crippen molar-refractivity contribution in [2.24, 2.45) is 9.98 Å². The third kappa shape index (κ3) is 3.61. The maximum absolute atomic E-state index is 8.45. The Hall–Kier alpha value is -0.960. The van der Waals surface area contributed by atoms with Crippen LogP contribution in [0.3, 0.4) is 0 Å². The van der Waals surface area contributed by atoms with Gasteiger partial charge in [-0.3, -0.25) is 0 Å². The van der Waals surface area contributed by atoms with Crippen molar-refractivity contribution in [1.29, 1.82) is 0 Å². The average molecular weight is 126 g/mol. The molecule has 0 saturated carbocycles. The molecule has 0 amide bonds. The highest BCUT2D eigenvalue weighted by Gasteiger charge is 1.84. The molecule has 0 fully saturated rings. The van der Waals surface area contributed by atoms with Crippen molar-refractivity contribution in [2.45, 2.75) is 6.92 Å². The van der Waals surface area contributed by atoms with Gasteiger partial charge in [0.05, 0.1) is 0 Å². The lowest BCUT2D eigenvalue weighted by Gasteiger charge is -1.87. The zero-order valence-corrected chi connectivity index (χ0v) is 5.41. The van der Waals surface area contributed by atoms with Crippen LogP contribution in [0.1, 0.15) is 6.92 Å². The molecule has 3 nitrogen and oxygen atoms in total. The minimum Gasteiger partial charge on any atom is -0.388 e. The van der Waals surface area contributed by atoms with Crippen LogP contribution in [-0.2, 0) is 0 Å². The van der Waals surface area contributed by atoms with Gasteiger partial charge in [0.1, 0.15) is 6.61 Å². The highest BCUT2D eigenvalue weighted by Crippen LogP contribution is 1.80. The van der Waals surface area contributed by atoms with Crippen LogP contribution >= 0.6 is 0 Å². The van der Waals surface area contributed by atoms with E-state index in [1.54, 1.807) is 12.3 Å². The van der Waals surface area contributed by atoms with E-state index in [1.807, 2.05) is 6.92 Å². The Bertz CT molecular complexity index is 138. The number of allylic oxidation sites excluding steroid dienone is 1. The fraction of sp³-hybridized carbons (Fsp3) is 0.333. The van der Waals surface area contributed by atoms with E-state index in [0.717, 1.165) is 0 Å². The van der Waals surface area contributed by atoms with Gasteiger partial charge < -0.3 is 5.11 Å². The number of aliphatic hydroxyl groups is 1. The van der Waals surface area contributed by atoms with Crippen LogP contribution in [0.4, 0.5) is 0 Å². The van der Waals surface area contributed by atoms with Gasteiger partial charge in [-0.25, -0.2) is 9.98 Å². The largest absolute Gasteiger partial charge is 0.388 e. The maximum atomic E-state index is 8.45. The lowest BCUT2D eigenvalue weighted by Crippen LogP contribution is -1.97. The average Bonchev–Trinajstić information content (AvgIpc) is 1.91. The lowest BCUT2D eigenvalue weighted by molar-refractivity contribution is 0.356. The second-order valence-electron chi connectivity index (χ2n) is 1.34. The highest BCUT2D eigenvalue weighted by molar-refractivity contribution is 5.87. The Morgan fingerprint density at radius 1 is 1.78 bits per heavy atom. The molecule has 0 heterocycles. The summed E-state index contributed by atoms with van der Waals surface area (Å²) in [6.07, 6.45) is 3.31. The zero-order valence-electron chi connectivity index (χ0n) is 5.41. The Balaban J connectivity index is 3.90. The van der Waals surface area contributed by atoms with Crippen molar-refractivity contribution < 1.29 is 5.11 Å². The first kappa shape index (κ1) is 8.04. The summed E-state index contributed by atoms with van der Waals surface area (Å²) in [4.78, 5) is 7.18. The predicted molar refractivity (Wildman–Crippen MR) is 38.9 cm³/mol. The van der Waals surface area contributed by atoms with Crippen molar-refractivity contribution in [3.05, 3.63) is 12.3 Å². The molecular weight excluding hydrogens is 116 g/mol. The molecule has 0 aliphatic carbocycles. The molecule has 1 N–H and O–H groups in total. The molecule has 0 aromatic rings. The Kier molecular flexibility index (Phi) is 4.63. The molecule has 0 aliphatic heterocycles. The molecule has 9 heavy (non-hydrogen) atoms. The number of aliphatic hydroxyl groups excluding tert-OH is 1. The quantitative estimate of drug-likeness (QED) is 0.427. The maximum Gasteiger partial charge on any atom is 0.152 e. The van der Waals surface area contributed by atoms with E-state index in [2.05, 4.69) is 16.7 Å². The van der Waals surface area contributed by atoms with Gasteiger partial charge in [-0.2, -0.15) is 0 Å². The number of rotatable bonds is 2. The van der Waals surface area contributed by atoms with Crippen LogP contribution in [0.25, 0.3) is 0 Å². The molecule has 0 unspecified atom stereocenters. The predicted octanol–water partition coefficient (Wildman–Crippen LogP) is 0.611. The number of aliphatic imine (C=N–C) groups is 2. The summed E-state index contributed by atoms with van der Waals surface area (Å²) >= 11 is 0. The number of nitrogens with zero attached hydrogens (tertiary/aromatic N) is 2. The Morgan fingerprint density at radius 2 is 2.44 bits per heavy atom. The van der Waals surface area contributed by atoms with E-state index >= 15 is 0 Å². The molecular formula is C6H10N2O. The van der Waals surface area contributed by atoms with E-state index in [-0.39, 0.29) is 6.61 Å². The van der Waals surface area contributed by atoms with Gasteiger partial charge in [-0.1, -0.05) is 6.08 Å². The summed E-state index contributed by atoms with van der Waals surface area (Å²) in [5.74, 6) is 0.341. The monoisotopic (exact) mass is 126 g/mol. The summed E-state index contributed by atoms with van der Waals surface area (Å²) in [5, 5.41) is 8.45. The molecule has 50 valence electrons. The van der Waals surface area contributed by atoms with Crippen LogP contribution < -0.4 is 0 Å². The molecule has 0 spiro atoms. The summed E-state index contributed by atoms with van der Waals surface area (Å²) in [6.45, 7) is 4.89. The fourth-order valence-electron chi connectivity index (χ4n) is 0.292. The molecule has 0 bridgehead atoms. The van der Waals surface area contributed by atoms with Crippen molar-refractivity contribution in [3.8, 4) is 0 Å². The summed E-state index contributed by atoms with van der Waals surface area (Å²) in [7, 11) is 0. The van der Waals surface area contributed by atoms with E-state index < -0.39 is 0 Å². The SMILES string of the molecule is C=NC(CO)=N/C=C\C. The normalized spacial score (nSPS) is 12.4. The second-order valence-corrected chi connectivity index (χ2v) is 1.34. The van der Waals surface area contributed by atoms with Gasteiger partial charge in [0.25, 0.3) is 0 Å². The minimum absolute atomic E-state index is 0.159. The molecule has 0 aromatic heterocycles. The van der Waals surface area contributed by atoms with Gasteiger partial charge in [0, 0.05) is 6.20 Å². The van der Waals surface area contributed by atoms with Gasteiger partial charge >= 0.3 is 0 Å². The zero-order chi connectivity index (χ0) is 7.11. The molecule has 3 heteroatoms. The molecule has 0 rings (SSSR count). The van der Waals surface area contributed by atoms with Crippen molar-refractivity contribution in [3.63, 3.8) is 0 Å². The first-order valence-electron chi connectivity index (χ1n) is 2.60. The van der Waals surface area contributed by atoms with Crippen molar-refractivity contribution >= 4 is 12.6 Å². The van der Waals surface area contributed by atoms with Gasteiger partial charge in [0.2, 0.25) is 0 Å². The third-order valence-electron chi connectivity index (χ3n) is 0.697. The number of hydrogen-bond acceptors (Lipinski definition) is 2. The minimum atomic E-state index is -0.159. The van der Waals surface area contributed by atoms with E-state index in [1.165, 1.54) is 0 Å². The summed E-state index contributed by atoms with van der Waals surface area (Å²) in [6, 6.07) is 0. The van der Waals surface area contributed by atoms with Crippen LogP contribution in [0.2, 0.25) is 0 Å². The first-order valence-corrected chi connectivity index (χ1v) is 2.60. The van der Waals surface area contributed by atoms with Crippen LogP contribution in [0, 0.1) is 0 Å². The molecule has 0 saturated heterocycles. The summed E-state index contributed by atoms with van der Waals surface area (Å²) < 4.78 is 0. The summed E-state index contributed by atoms with van der Waals surface area (Å²) in [5.41, 5.74) is 0. The first-order chi connectivity index (χ1) is 4.35. The van der Waals surface area contributed by atoms with Gasteiger partial charge in [-0.05, 0) is 13.6 Å².